The molecule has 0 aliphatic carbocycles. The lowest BCUT2D eigenvalue weighted by Crippen LogP contribution is -2.44. The highest BCUT2D eigenvalue weighted by Gasteiger charge is 2.43. The number of piperidine rings is 1. The van der Waals surface area contributed by atoms with Crippen LogP contribution in [0.5, 0.6) is 0 Å². The molecule has 1 aromatic rings. The molecule has 3 rings (SSSR count). The van der Waals surface area contributed by atoms with Crippen molar-refractivity contribution in [1.29, 1.82) is 0 Å². The number of benzene rings is 1. The summed E-state index contributed by atoms with van der Waals surface area (Å²) < 4.78 is 24.8. The highest BCUT2D eigenvalue weighted by atomic mass is 19.1. The van der Waals surface area contributed by atoms with Crippen LogP contribution in [0.25, 0.3) is 0 Å². The van der Waals surface area contributed by atoms with Gasteiger partial charge in [0.1, 0.15) is 12.4 Å². The Hall–Kier alpha value is -1.50. The third-order valence-corrected chi connectivity index (χ3v) is 5.20. The van der Waals surface area contributed by atoms with Crippen molar-refractivity contribution in [3.8, 4) is 0 Å². The molecule has 6 heteroatoms. The van der Waals surface area contributed by atoms with Gasteiger partial charge in [-0.15, -0.1) is 0 Å². The van der Waals surface area contributed by atoms with Gasteiger partial charge in [-0.1, -0.05) is 12.1 Å². The van der Waals surface area contributed by atoms with Crippen LogP contribution in [-0.4, -0.2) is 67.8 Å². The fourth-order valence-corrected chi connectivity index (χ4v) is 3.54. The number of likely N-dealkylation sites (N-methyl/N-ethyl adjacent to an activating group) is 1. The zero-order chi connectivity index (χ0) is 17.9. The van der Waals surface area contributed by atoms with E-state index >= 15 is 0 Å². The third-order valence-electron chi connectivity index (χ3n) is 5.20. The molecule has 25 heavy (non-hydrogen) atoms. The lowest BCUT2D eigenvalue weighted by molar-refractivity contribution is -0.135. The Morgan fingerprint density at radius 3 is 2.64 bits per heavy atom. The molecule has 1 atom stereocenters. The van der Waals surface area contributed by atoms with Gasteiger partial charge in [0, 0.05) is 40.2 Å². The summed E-state index contributed by atoms with van der Waals surface area (Å²) in [5.74, 6) is -0.213. The fraction of sp³-hybridized carbons (Fsp3) is 0.632. The molecule has 2 aliphatic heterocycles. The topological polar surface area (TPSA) is 42.0 Å². The summed E-state index contributed by atoms with van der Waals surface area (Å²) in [5.41, 5.74) is 1.03. The maximum atomic E-state index is 13.0. The van der Waals surface area contributed by atoms with Crippen molar-refractivity contribution in [2.75, 3.05) is 40.4 Å². The number of hydrogen-bond donors (Lipinski definition) is 0. The third kappa shape index (κ3) is 4.77. The van der Waals surface area contributed by atoms with Gasteiger partial charge < -0.3 is 14.4 Å². The monoisotopic (exact) mass is 350 g/mol. The van der Waals surface area contributed by atoms with E-state index in [1.54, 1.807) is 19.0 Å². The van der Waals surface area contributed by atoms with E-state index in [1.807, 2.05) is 12.1 Å². The molecule has 138 valence electrons. The molecule has 1 aromatic carbocycles. The first-order chi connectivity index (χ1) is 12.0. The van der Waals surface area contributed by atoms with Gasteiger partial charge in [-0.25, -0.2) is 4.39 Å². The quantitative estimate of drug-likeness (QED) is 0.815. The molecule has 0 unspecified atom stereocenters. The Kier molecular flexibility index (Phi) is 5.71. The van der Waals surface area contributed by atoms with E-state index in [1.165, 1.54) is 12.1 Å². The number of nitrogens with zero attached hydrogens (tertiary/aromatic N) is 2. The van der Waals surface area contributed by atoms with Gasteiger partial charge in [-0.3, -0.25) is 9.69 Å². The molecule has 0 radical (unpaired) electrons. The van der Waals surface area contributed by atoms with Crippen molar-refractivity contribution >= 4 is 5.91 Å². The van der Waals surface area contributed by atoms with Crippen molar-refractivity contribution in [2.45, 2.75) is 37.5 Å². The van der Waals surface area contributed by atoms with E-state index in [-0.39, 0.29) is 30.0 Å². The first kappa shape index (κ1) is 18.3. The molecule has 2 fully saturated rings. The number of ether oxygens (including phenoxy) is 2. The fourth-order valence-electron chi connectivity index (χ4n) is 3.54. The number of carbonyl (C=O) groups excluding carboxylic acids is 1. The number of carbonyl (C=O) groups is 1. The Balaban J connectivity index is 1.44. The largest absolute Gasteiger partial charge is 0.372 e. The molecule has 1 amide bonds. The van der Waals surface area contributed by atoms with Crippen molar-refractivity contribution in [3.05, 3.63) is 35.6 Å². The van der Waals surface area contributed by atoms with Crippen molar-refractivity contribution in [1.82, 2.24) is 9.80 Å². The summed E-state index contributed by atoms with van der Waals surface area (Å²) in [6, 6.07) is 6.71. The number of halogens is 1. The maximum Gasteiger partial charge on any atom is 0.248 e. The average molecular weight is 350 g/mol. The van der Waals surface area contributed by atoms with Crippen LogP contribution >= 0.6 is 0 Å². The summed E-state index contributed by atoms with van der Waals surface area (Å²) >= 11 is 0. The highest BCUT2D eigenvalue weighted by molar-refractivity contribution is 5.76. The van der Waals surface area contributed by atoms with Crippen LogP contribution < -0.4 is 0 Å². The first-order valence-corrected chi connectivity index (χ1v) is 8.88. The Labute approximate surface area is 148 Å². The number of hydrogen-bond acceptors (Lipinski definition) is 4. The lowest BCUT2D eigenvalue weighted by Gasteiger charge is -2.38. The molecule has 5 nitrogen and oxygen atoms in total. The van der Waals surface area contributed by atoms with E-state index in [0.29, 0.717) is 6.61 Å². The van der Waals surface area contributed by atoms with Crippen LogP contribution in [0.2, 0.25) is 0 Å². The molecular formula is C19H27FN2O3. The molecule has 2 saturated heterocycles. The number of likely N-dealkylation sites (tertiary alicyclic amines) is 1. The van der Waals surface area contributed by atoms with Crippen LogP contribution in [0.3, 0.4) is 0 Å². The summed E-state index contributed by atoms with van der Waals surface area (Å²) in [6.07, 6.45) is 2.80. The molecular weight excluding hydrogens is 323 g/mol. The van der Waals surface area contributed by atoms with Crippen LogP contribution in [0.15, 0.2) is 24.3 Å². The summed E-state index contributed by atoms with van der Waals surface area (Å²) in [5, 5.41) is 0. The predicted octanol–water partition coefficient (Wildman–Crippen LogP) is 2.05. The van der Waals surface area contributed by atoms with Crippen molar-refractivity contribution < 1.29 is 18.7 Å². The molecule has 0 bridgehead atoms. The summed E-state index contributed by atoms with van der Waals surface area (Å²) in [6.45, 7) is 3.45. The SMILES string of the molecule is CN(C)C(=O)CO[C@@H]1COC2(CCN(Cc3ccc(F)cc3)CC2)C1. The van der Waals surface area contributed by atoms with Gasteiger partial charge in [0.25, 0.3) is 0 Å². The average Bonchev–Trinajstić information content (AvgIpc) is 3.00. The van der Waals surface area contributed by atoms with Crippen molar-refractivity contribution in [2.24, 2.45) is 0 Å². The molecule has 0 N–H and O–H groups in total. The second-order valence-electron chi connectivity index (χ2n) is 7.32. The van der Waals surface area contributed by atoms with E-state index in [9.17, 15) is 9.18 Å². The van der Waals surface area contributed by atoms with Gasteiger partial charge >= 0.3 is 0 Å². The van der Waals surface area contributed by atoms with Crippen LogP contribution in [0.4, 0.5) is 4.39 Å². The molecule has 1 spiro atoms. The predicted molar refractivity (Wildman–Crippen MR) is 92.6 cm³/mol. The number of rotatable bonds is 5. The van der Waals surface area contributed by atoms with E-state index < -0.39 is 0 Å². The standard InChI is InChI=1S/C19H27FN2O3/c1-21(2)18(23)14-24-17-11-19(25-13-17)7-9-22(10-8-19)12-15-3-5-16(20)6-4-15/h3-6,17H,7-14H2,1-2H3/t17-/m0/s1. The van der Waals surface area contributed by atoms with E-state index in [2.05, 4.69) is 4.90 Å². The van der Waals surface area contributed by atoms with Crippen LogP contribution in [-0.2, 0) is 20.8 Å². The molecule has 2 heterocycles. The Morgan fingerprint density at radius 1 is 1.32 bits per heavy atom. The van der Waals surface area contributed by atoms with Gasteiger partial charge in [0.15, 0.2) is 0 Å². The van der Waals surface area contributed by atoms with Gasteiger partial charge in [-0.2, -0.15) is 0 Å². The van der Waals surface area contributed by atoms with Gasteiger partial charge in [-0.05, 0) is 30.5 Å². The van der Waals surface area contributed by atoms with Gasteiger partial charge in [0.05, 0.1) is 18.3 Å². The maximum absolute atomic E-state index is 13.0. The minimum absolute atomic E-state index is 0.00699. The summed E-state index contributed by atoms with van der Waals surface area (Å²) in [7, 11) is 3.46. The zero-order valence-corrected chi connectivity index (χ0v) is 15.0. The van der Waals surface area contributed by atoms with Gasteiger partial charge in [0.2, 0.25) is 5.91 Å². The summed E-state index contributed by atoms with van der Waals surface area (Å²) in [4.78, 5) is 15.6. The van der Waals surface area contributed by atoms with Crippen LogP contribution in [0, 0.1) is 5.82 Å². The number of amides is 1. The van der Waals surface area contributed by atoms with Crippen molar-refractivity contribution in [3.63, 3.8) is 0 Å². The second kappa shape index (κ2) is 7.81. The highest BCUT2D eigenvalue weighted by Crippen LogP contribution is 2.37. The smallest absolute Gasteiger partial charge is 0.248 e. The zero-order valence-electron chi connectivity index (χ0n) is 15.0. The second-order valence-corrected chi connectivity index (χ2v) is 7.32. The minimum atomic E-state index is -0.195. The molecule has 2 aliphatic rings. The molecule has 0 saturated carbocycles. The first-order valence-electron chi connectivity index (χ1n) is 8.88. The van der Waals surface area contributed by atoms with Crippen LogP contribution in [0.1, 0.15) is 24.8 Å². The van der Waals surface area contributed by atoms with E-state index in [0.717, 1.165) is 44.5 Å². The molecule has 0 aromatic heterocycles. The minimum Gasteiger partial charge on any atom is -0.372 e. The lowest BCUT2D eigenvalue weighted by atomic mass is 9.88. The van der Waals surface area contributed by atoms with E-state index in [4.69, 9.17) is 9.47 Å². The normalized spacial score (nSPS) is 23.1. The Morgan fingerprint density at radius 2 is 2.00 bits per heavy atom. The Bertz CT molecular complexity index is 583.